The monoisotopic (exact) mass is 333 g/mol. The van der Waals surface area contributed by atoms with E-state index in [1.54, 1.807) is 29.2 Å². The molecule has 128 valence electrons. The van der Waals surface area contributed by atoms with Crippen molar-refractivity contribution in [3.8, 4) is 0 Å². The van der Waals surface area contributed by atoms with Crippen LogP contribution in [0.1, 0.15) is 23.2 Å². The molecule has 8 heteroatoms. The minimum atomic E-state index is -0.694. The predicted molar refractivity (Wildman–Crippen MR) is 85.4 cm³/mol. The van der Waals surface area contributed by atoms with E-state index in [0.29, 0.717) is 18.7 Å². The highest BCUT2D eigenvalue weighted by atomic mass is 16.5. The fourth-order valence-corrected chi connectivity index (χ4v) is 2.31. The van der Waals surface area contributed by atoms with Crippen molar-refractivity contribution in [1.29, 1.82) is 0 Å². The van der Waals surface area contributed by atoms with Crippen LogP contribution in [0.15, 0.2) is 24.3 Å². The summed E-state index contributed by atoms with van der Waals surface area (Å²) in [5.41, 5.74) is 0.711. The lowest BCUT2D eigenvalue weighted by molar-refractivity contribution is -0.127. The Morgan fingerprint density at radius 2 is 1.96 bits per heavy atom. The maximum absolute atomic E-state index is 12.2. The zero-order valence-electron chi connectivity index (χ0n) is 13.3. The third kappa shape index (κ3) is 4.31. The van der Waals surface area contributed by atoms with Crippen molar-refractivity contribution in [2.75, 3.05) is 31.6 Å². The van der Waals surface area contributed by atoms with Gasteiger partial charge < -0.3 is 20.3 Å². The molecule has 1 aromatic carbocycles. The molecule has 0 saturated carbocycles. The molecule has 1 aromatic rings. The van der Waals surface area contributed by atoms with Crippen LogP contribution in [0.5, 0.6) is 0 Å². The first-order valence-corrected chi connectivity index (χ1v) is 7.56. The molecule has 0 spiro atoms. The molecule has 0 aromatic heterocycles. The van der Waals surface area contributed by atoms with Crippen molar-refractivity contribution in [1.82, 2.24) is 10.6 Å². The second-order valence-electron chi connectivity index (χ2n) is 5.19. The van der Waals surface area contributed by atoms with Gasteiger partial charge in [-0.2, -0.15) is 0 Å². The number of rotatable bonds is 6. The first kappa shape index (κ1) is 17.5. The summed E-state index contributed by atoms with van der Waals surface area (Å²) in [6.45, 7) is -0.139. The van der Waals surface area contributed by atoms with Gasteiger partial charge in [0.25, 0.3) is 5.91 Å². The van der Waals surface area contributed by atoms with E-state index in [-0.39, 0.29) is 23.9 Å². The number of anilines is 1. The maximum Gasteiger partial charge on any atom is 0.340 e. The number of hydrogen-bond donors (Lipinski definition) is 2. The Bertz CT molecular complexity index is 659. The molecule has 0 aliphatic carbocycles. The van der Waals surface area contributed by atoms with Crippen molar-refractivity contribution >= 4 is 29.4 Å². The lowest BCUT2D eigenvalue weighted by atomic mass is 10.1. The smallest absolute Gasteiger partial charge is 0.340 e. The summed E-state index contributed by atoms with van der Waals surface area (Å²) < 4.78 is 4.97. The number of ether oxygens (including phenoxy) is 1. The van der Waals surface area contributed by atoms with Crippen molar-refractivity contribution in [2.24, 2.45) is 0 Å². The number of carbonyl (C=O) groups excluding carboxylic acids is 4. The Morgan fingerprint density at radius 1 is 1.21 bits per heavy atom. The highest BCUT2D eigenvalue weighted by Crippen LogP contribution is 2.25. The molecule has 1 fully saturated rings. The fourth-order valence-electron chi connectivity index (χ4n) is 2.31. The molecule has 1 aliphatic rings. The number of hydrogen-bond acceptors (Lipinski definition) is 5. The van der Waals surface area contributed by atoms with E-state index in [1.165, 1.54) is 7.05 Å². The molecule has 0 radical (unpaired) electrons. The van der Waals surface area contributed by atoms with E-state index in [2.05, 4.69) is 10.6 Å². The summed E-state index contributed by atoms with van der Waals surface area (Å²) in [6.07, 6.45) is 1.19. The highest BCUT2D eigenvalue weighted by molar-refractivity contribution is 6.04. The number of esters is 1. The van der Waals surface area contributed by atoms with Gasteiger partial charge in [0, 0.05) is 20.0 Å². The van der Waals surface area contributed by atoms with Gasteiger partial charge in [-0.3, -0.25) is 14.4 Å². The standard InChI is InChI=1S/C16H19N3O5/c1-17-13(20)9-18-14(21)10-24-16(23)11-5-2-3-6-12(11)19-8-4-7-15(19)22/h2-3,5-6H,4,7-10H2,1H3,(H,17,20)(H,18,21). The Morgan fingerprint density at radius 3 is 2.62 bits per heavy atom. The minimum Gasteiger partial charge on any atom is -0.452 e. The Kier molecular flexibility index (Phi) is 5.89. The number of carbonyl (C=O) groups is 4. The number of para-hydroxylation sites is 1. The van der Waals surface area contributed by atoms with Gasteiger partial charge >= 0.3 is 5.97 Å². The molecule has 2 rings (SSSR count). The molecular weight excluding hydrogens is 314 g/mol. The van der Waals surface area contributed by atoms with Crippen LogP contribution in [0.2, 0.25) is 0 Å². The Labute approximate surface area is 139 Å². The zero-order valence-corrected chi connectivity index (χ0v) is 13.3. The number of nitrogens with one attached hydrogen (secondary N) is 2. The van der Waals surface area contributed by atoms with E-state index in [4.69, 9.17) is 4.74 Å². The molecule has 1 saturated heterocycles. The molecule has 8 nitrogen and oxygen atoms in total. The number of nitrogens with zero attached hydrogens (tertiary/aromatic N) is 1. The summed E-state index contributed by atoms with van der Waals surface area (Å²) >= 11 is 0. The molecule has 3 amide bonds. The third-order valence-electron chi connectivity index (χ3n) is 3.55. The van der Waals surface area contributed by atoms with E-state index >= 15 is 0 Å². The van der Waals surface area contributed by atoms with Gasteiger partial charge in [-0.15, -0.1) is 0 Å². The van der Waals surface area contributed by atoms with Crippen molar-refractivity contribution in [3.63, 3.8) is 0 Å². The molecule has 24 heavy (non-hydrogen) atoms. The molecule has 0 bridgehead atoms. The average Bonchev–Trinajstić information content (AvgIpc) is 3.03. The summed E-state index contributed by atoms with van der Waals surface area (Å²) in [7, 11) is 1.45. The van der Waals surface area contributed by atoms with Crippen LogP contribution < -0.4 is 15.5 Å². The van der Waals surface area contributed by atoms with E-state index in [0.717, 1.165) is 6.42 Å². The van der Waals surface area contributed by atoms with E-state index in [1.807, 2.05) is 0 Å². The largest absolute Gasteiger partial charge is 0.452 e. The molecule has 0 atom stereocenters. The van der Waals surface area contributed by atoms with Gasteiger partial charge in [0.05, 0.1) is 17.8 Å². The molecule has 1 aliphatic heterocycles. The first-order valence-electron chi connectivity index (χ1n) is 7.56. The van der Waals surface area contributed by atoms with Crippen molar-refractivity contribution in [3.05, 3.63) is 29.8 Å². The predicted octanol–water partition coefficient (Wildman–Crippen LogP) is -0.168. The number of amides is 3. The Balaban J connectivity index is 1.96. The van der Waals surface area contributed by atoms with Crippen LogP contribution in [0, 0.1) is 0 Å². The summed E-state index contributed by atoms with van der Waals surface area (Å²) in [5.74, 6) is -1.67. The van der Waals surface area contributed by atoms with E-state index < -0.39 is 18.5 Å². The van der Waals surface area contributed by atoms with Gasteiger partial charge in [-0.05, 0) is 18.6 Å². The van der Waals surface area contributed by atoms with Crippen molar-refractivity contribution in [2.45, 2.75) is 12.8 Å². The topological polar surface area (TPSA) is 105 Å². The lowest BCUT2D eigenvalue weighted by Crippen LogP contribution is -2.37. The van der Waals surface area contributed by atoms with Crippen LogP contribution in [0.25, 0.3) is 0 Å². The number of likely N-dealkylation sites (N-methyl/N-ethyl adjacent to an activating group) is 1. The normalized spacial score (nSPS) is 13.5. The average molecular weight is 333 g/mol. The quantitative estimate of drug-likeness (QED) is 0.704. The molecular formula is C16H19N3O5. The minimum absolute atomic E-state index is 0.0430. The second kappa shape index (κ2) is 8.09. The third-order valence-corrected chi connectivity index (χ3v) is 3.55. The maximum atomic E-state index is 12.2. The highest BCUT2D eigenvalue weighted by Gasteiger charge is 2.26. The van der Waals surface area contributed by atoms with Crippen LogP contribution >= 0.6 is 0 Å². The van der Waals surface area contributed by atoms with Gasteiger partial charge in [0.2, 0.25) is 11.8 Å². The van der Waals surface area contributed by atoms with Crippen LogP contribution in [-0.2, 0) is 19.1 Å². The zero-order chi connectivity index (χ0) is 17.5. The summed E-state index contributed by atoms with van der Waals surface area (Å²) in [4.78, 5) is 48.2. The number of benzene rings is 1. The molecule has 0 unspecified atom stereocenters. The second-order valence-corrected chi connectivity index (χ2v) is 5.19. The first-order chi connectivity index (χ1) is 11.5. The van der Waals surface area contributed by atoms with Gasteiger partial charge in [0.15, 0.2) is 6.61 Å². The van der Waals surface area contributed by atoms with Crippen LogP contribution in [0.3, 0.4) is 0 Å². The summed E-state index contributed by atoms with van der Waals surface area (Å²) in [5, 5.41) is 4.68. The van der Waals surface area contributed by atoms with E-state index in [9.17, 15) is 19.2 Å². The summed E-state index contributed by atoms with van der Waals surface area (Å²) in [6, 6.07) is 6.61. The SMILES string of the molecule is CNC(=O)CNC(=O)COC(=O)c1ccccc1N1CCCC1=O. The molecule has 2 N–H and O–H groups in total. The fraction of sp³-hybridized carbons (Fsp3) is 0.375. The van der Waals surface area contributed by atoms with Crippen LogP contribution in [0.4, 0.5) is 5.69 Å². The van der Waals surface area contributed by atoms with Gasteiger partial charge in [-0.25, -0.2) is 4.79 Å². The Hall–Kier alpha value is -2.90. The van der Waals surface area contributed by atoms with Crippen molar-refractivity contribution < 1.29 is 23.9 Å². The van der Waals surface area contributed by atoms with Gasteiger partial charge in [0.1, 0.15) is 0 Å². The molecule has 1 heterocycles. The van der Waals surface area contributed by atoms with Gasteiger partial charge in [-0.1, -0.05) is 12.1 Å². The lowest BCUT2D eigenvalue weighted by Gasteiger charge is -2.18. The van der Waals surface area contributed by atoms with Crippen LogP contribution in [-0.4, -0.2) is 50.4 Å².